The lowest BCUT2D eigenvalue weighted by molar-refractivity contribution is 0.0364. The summed E-state index contributed by atoms with van der Waals surface area (Å²) in [5.41, 5.74) is 1.35. The van der Waals surface area contributed by atoms with Gasteiger partial charge in [0.15, 0.2) is 11.1 Å². The quantitative estimate of drug-likeness (QED) is 0.767. The van der Waals surface area contributed by atoms with Gasteiger partial charge in [0, 0.05) is 0 Å². The highest BCUT2D eigenvalue weighted by atomic mass is 16.7. The molecule has 0 saturated heterocycles. The normalized spacial score (nSPS) is 12.9. The third kappa shape index (κ3) is 1.70. The minimum Gasteiger partial charge on any atom is -0.408 e. The molecule has 2 aromatic rings. The number of aromatic amines is 1. The van der Waals surface area contributed by atoms with Crippen molar-refractivity contribution in [3.8, 4) is 0 Å². The predicted octanol–water partition coefficient (Wildman–Crippen LogP) is 0.466. The first kappa shape index (κ1) is 9.70. The van der Waals surface area contributed by atoms with Crippen LogP contribution in [0.1, 0.15) is 20.3 Å². The Morgan fingerprint density at radius 2 is 2.40 bits per heavy atom. The van der Waals surface area contributed by atoms with E-state index in [0.717, 1.165) is 6.42 Å². The molecule has 0 aromatic carbocycles. The smallest absolute Gasteiger partial charge is 0.190 e. The van der Waals surface area contributed by atoms with Crippen LogP contribution in [-0.2, 0) is 0 Å². The summed E-state index contributed by atoms with van der Waals surface area (Å²) in [7, 11) is 0. The number of fused-ring (bicyclic) bond motifs is 1. The number of hydrogen-bond acceptors (Lipinski definition) is 4. The number of H-pyrrole nitrogens is 1. The molecule has 2 aromatic heterocycles. The van der Waals surface area contributed by atoms with Gasteiger partial charge in [0.1, 0.15) is 17.9 Å². The zero-order valence-electron chi connectivity index (χ0n) is 8.69. The van der Waals surface area contributed by atoms with Gasteiger partial charge in [0.25, 0.3) is 0 Å². The molecule has 6 nitrogen and oxygen atoms in total. The van der Waals surface area contributed by atoms with E-state index in [2.05, 4.69) is 15.0 Å². The van der Waals surface area contributed by atoms with Gasteiger partial charge in [0.2, 0.25) is 0 Å². The van der Waals surface area contributed by atoms with Crippen molar-refractivity contribution in [1.82, 2.24) is 19.7 Å². The van der Waals surface area contributed by atoms with E-state index in [4.69, 9.17) is 10.2 Å². The highest BCUT2D eigenvalue weighted by Gasteiger charge is 2.05. The molecule has 0 aliphatic rings. The molecule has 0 radical (unpaired) electrons. The second kappa shape index (κ2) is 3.72. The molecule has 0 amide bonds. The van der Waals surface area contributed by atoms with Crippen molar-refractivity contribution in [1.29, 1.82) is 5.41 Å². The van der Waals surface area contributed by atoms with Gasteiger partial charge in [-0.25, -0.2) is 9.97 Å². The molecule has 2 rings (SSSR count). The fraction of sp³-hybridized carbons (Fsp3) is 0.444. The molecule has 0 aliphatic heterocycles. The van der Waals surface area contributed by atoms with E-state index < -0.39 is 0 Å². The summed E-state index contributed by atoms with van der Waals surface area (Å²) >= 11 is 0. The molecule has 0 unspecified atom stereocenters. The average molecular weight is 207 g/mol. The summed E-state index contributed by atoms with van der Waals surface area (Å²) in [4.78, 5) is 16.4. The summed E-state index contributed by atoms with van der Waals surface area (Å²) in [5, 5.41) is 7.85. The number of rotatable bonds is 3. The van der Waals surface area contributed by atoms with Gasteiger partial charge < -0.3 is 9.82 Å². The van der Waals surface area contributed by atoms with Crippen LogP contribution in [0, 0.1) is 5.41 Å². The maximum absolute atomic E-state index is 7.85. The van der Waals surface area contributed by atoms with Gasteiger partial charge in [0.05, 0.1) is 6.33 Å². The largest absolute Gasteiger partial charge is 0.408 e. The number of aromatic nitrogens is 4. The Bertz CT molecular complexity index is 514. The summed E-state index contributed by atoms with van der Waals surface area (Å²) in [6, 6.07) is 0. The molecule has 0 bridgehead atoms. The summed E-state index contributed by atoms with van der Waals surface area (Å²) in [6.07, 6.45) is 3.93. The zero-order chi connectivity index (χ0) is 10.8. The molecule has 2 N–H and O–H groups in total. The first-order valence-corrected chi connectivity index (χ1v) is 4.85. The minimum atomic E-state index is 0.0567. The molecular weight excluding hydrogens is 194 g/mol. The minimum absolute atomic E-state index is 0.0567. The molecule has 80 valence electrons. The first-order chi connectivity index (χ1) is 7.22. The molecule has 0 saturated carbocycles. The van der Waals surface area contributed by atoms with Crippen molar-refractivity contribution >= 4 is 11.2 Å². The molecule has 2 heterocycles. The molecule has 1 atom stereocenters. The lowest BCUT2D eigenvalue weighted by Gasteiger charge is -2.13. The van der Waals surface area contributed by atoms with E-state index in [9.17, 15) is 0 Å². The molecule has 6 heteroatoms. The summed E-state index contributed by atoms with van der Waals surface area (Å²) in [5.74, 6) is 0. The highest BCUT2D eigenvalue weighted by molar-refractivity contribution is 5.67. The third-order valence-electron chi connectivity index (χ3n) is 2.23. The van der Waals surface area contributed by atoms with Crippen molar-refractivity contribution in [2.24, 2.45) is 0 Å². The standard InChI is InChI=1S/C9H13N5O/c1-3-6(2)15-14-5-13-9-7(8(14)10)11-4-12-9/h4-6,10H,3H2,1-2H3,(H,11,12)/t6-/m0/s1. The van der Waals surface area contributed by atoms with Crippen LogP contribution in [0.15, 0.2) is 12.7 Å². The van der Waals surface area contributed by atoms with Gasteiger partial charge in [-0.2, -0.15) is 4.73 Å². The van der Waals surface area contributed by atoms with Crippen molar-refractivity contribution in [2.45, 2.75) is 26.4 Å². The van der Waals surface area contributed by atoms with Crippen molar-refractivity contribution in [2.75, 3.05) is 0 Å². The zero-order valence-corrected chi connectivity index (χ0v) is 8.69. The van der Waals surface area contributed by atoms with Gasteiger partial charge in [-0.15, -0.1) is 0 Å². The third-order valence-corrected chi connectivity index (χ3v) is 2.23. The van der Waals surface area contributed by atoms with Gasteiger partial charge in [-0.05, 0) is 13.3 Å². The maximum Gasteiger partial charge on any atom is 0.190 e. The first-order valence-electron chi connectivity index (χ1n) is 4.85. The van der Waals surface area contributed by atoms with Crippen LogP contribution in [0.5, 0.6) is 0 Å². The molecule has 15 heavy (non-hydrogen) atoms. The van der Waals surface area contributed by atoms with E-state index in [1.165, 1.54) is 17.4 Å². The number of hydrogen-bond donors (Lipinski definition) is 2. The van der Waals surface area contributed by atoms with E-state index in [0.29, 0.717) is 11.2 Å². The number of nitrogens with one attached hydrogen (secondary N) is 2. The maximum atomic E-state index is 7.85. The van der Waals surface area contributed by atoms with Crippen LogP contribution in [0.3, 0.4) is 0 Å². The SMILES string of the molecule is CC[C@H](C)On1cnc2nc[nH]c2c1=N. The molecule has 0 fully saturated rings. The second-order valence-corrected chi connectivity index (χ2v) is 3.34. The van der Waals surface area contributed by atoms with E-state index in [-0.39, 0.29) is 11.6 Å². The van der Waals surface area contributed by atoms with Crippen LogP contribution in [0.25, 0.3) is 11.2 Å². The topological polar surface area (TPSA) is 79.6 Å². The monoisotopic (exact) mass is 207 g/mol. The Hall–Kier alpha value is -1.85. The second-order valence-electron chi connectivity index (χ2n) is 3.34. The van der Waals surface area contributed by atoms with Gasteiger partial charge in [-0.1, -0.05) is 6.92 Å². The van der Waals surface area contributed by atoms with Crippen LogP contribution < -0.4 is 10.3 Å². The van der Waals surface area contributed by atoms with Crippen LogP contribution >= 0.6 is 0 Å². The predicted molar refractivity (Wildman–Crippen MR) is 54.1 cm³/mol. The van der Waals surface area contributed by atoms with Gasteiger partial charge in [-0.3, -0.25) is 5.41 Å². The van der Waals surface area contributed by atoms with Crippen molar-refractivity contribution in [3.63, 3.8) is 0 Å². The Morgan fingerprint density at radius 3 is 3.13 bits per heavy atom. The Balaban J connectivity index is 2.44. The Morgan fingerprint density at radius 1 is 1.60 bits per heavy atom. The van der Waals surface area contributed by atoms with Crippen LogP contribution in [-0.4, -0.2) is 25.8 Å². The molecule has 0 spiro atoms. The van der Waals surface area contributed by atoms with E-state index in [1.54, 1.807) is 0 Å². The van der Waals surface area contributed by atoms with Crippen LogP contribution in [0.4, 0.5) is 0 Å². The van der Waals surface area contributed by atoms with Crippen molar-refractivity contribution in [3.05, 3.63) is 18.1 Å². The molecular formula is C9H13N5O. The lowest BCUT2D eigenvalue weighted by atomic mass is 10.3. The van der Waals surface area contributed by atoms with E-state index in [1.807, 2.05) is 13.8 Å². The molecule has 0 aliphatic carbocycles. The van der Waals surface area contributed by atoms with E-state index >= 15 is 0 Å². The summed E-state index contributed by atoms with van der Waals surface area (Å²) in [6.45, 7) is 3.97. The lowest BCUT2D eigenvalue weighted by Crippen LogP contribution is -2.32. The number of imidazole rings is 1. The fourth-order valence-electron chi connectivity index (χ4n) is 1.18. The Kier molecular flexibility index (Phi) is 2.40. The summed E-state index contributed by atoms with van der Waals surface area (Å²) < 4.78 is 1.36. The average Bonchev–Trinajstić information content (AvgIpc) is 2.70. The fourth-order valence-corrected chi connectivity index (χ4v) is 1.18. The number of nitrogens with zero attached hydrogens (tertiary/aromatic N) is 3. The van der Waals surface area contributed by atoms with Gasteiger partial charge >= 0.3 is 0 Å². The highest BCUT2D eigenvalue weighted by Crippen LogP contribution is 1.98. The van der Waals surface area contributed by atoms with Crippen LogP contribution in [0.2, 0.25) is 0 Å². The Labute approximate surface area is 86.4 Å². The van der Waals surface area contributed by atoms with Crippen molar-refractivity contribution < 1.29 is 4.84 Å².